The van der Waals surface area contributed by atoms with Crippen LogP contribution in [0.5, 0.6) is 5.75 Å². The maximum Gasteiger partial charge on any atom is 0.276 e. The number of carbonyl (C=O) groups excluding carboxylic acids is 1. The standard InChI is InChI=1S/C20H25N5O2/c1-14-22-16(12-18(23-14)24-9-2-3-10-24)15-6-5-11-25(13-15)20(27)19-17(26)7-4-8-21-19/h4,7-8,12,15,26H,2-3,5-6,9-11,13H2,1H3/t15-/m1/s1. The van der Waals surface area contributed by atoms with E-state index in [1.54, 1.807) is 11.0 Å². The highest BCUT2D eigenvalue weighted by atomic mass is 16.3. The van der Waals surface area contributed by atoms with E-state index in [9.17, 15) is 9.90 Å². The number of hydrogen-bond acceptors (Lipinski definition) is 6. The number of nitrogens with zero attached hydrogens (tertiary/aromatic N) is 5. The van der Waals surface area contributed by atoms with Crippen molar-refractivity contribution in [3.63, 3.8) is 0 Å². The smallest absolute Gasteiger partial charge is 0.276 e. The van der Waals surface area contributed by atoms with Gasteiger partial charge in [0.2, 0.25) is 0 Å². The highest BCUT2D eigenvalue weighted by Crippen LogP contribution is 2.30. The Bertz CT molecular complexity index is 835. The minimum Gasteiger partial charge on any atom is -0.505 e. The lowest BCUT2D eigenvalue weighted by molar-refractivity contribution is 0.0696. The normalized spacial score (nSPS) is 20.1. The molecule has 0 aromatic carbocycles. The molecule has 4 heterocycles. The highest BCUT2D eigenvalue weighted by Gasteiger charge is 2.29. The summed E-state index contributed by atoms with van der Waals surface area (Å²) in [5.41, 5.74) is 1.13. The predicted molar refractivity (Wildman–Crippen MR) is 102 cm³/mol. The number of aromatic nitrogens is 3. The average molecular weight is 367 g/mol. The molecule has 142 valence electrons. The van der Waals surface area contributed by atoms with E-state index in [1.807, 2.05) is 6.92 Å². The Hall–Kier alpha value is -2.70. The number of aryl methyl sites for hydroxylation is 1. The minimum absolute atomic E-state index is 0.0705. The molecule has 0 radical (unpaired) electrons. The van der Waals surface area contributed by atoms with E-state index in [2.05, 4.69) is 25.9 Å². The molecule has 0 spiro atoms. The van der Waals surface area contributed by atoms with Crippen molar-refractivity contribution in [1.29, 1.82) is 0 Å². The van der Waals surface area contributed by atoms with E-state index in [4.69, 9.17) is 0 Å². The molecule has 2 aliphatic heterocycles. The van der Waals surface area contributed by atoms with Crippen molar-refractivity contribution in [3.05, 3.63) is 41.6 Å². The molecule has 2 saturated heterocycles. The molecule has 0 bridgehead atoms. The topological polar surface area (TPSA) is 82.5 Å². The lowest BCUT2D eigenvalue weighted by Crippen LogP contribution is -2.39. The van der Waals surface area contributed by atoms with Crippen LogP contribution in [0, 0.1) is 6.92 Å². The second-order valence-electron chi connectivity index (χ2n) is 7.35. The fourth-order valence-corrected chi connectivity index (χ4v) is 4.01. The lowest BCUT2D eigenvalue weighted by atomic mass is 9.94. The van der Waals surface area contributed by atoms with Crippen LogP contribution >= 0.6 is 0 Å². The van der Waals surface area contributed by atoms with Crippen molar-refractivity contribution in [1.82, 2.24) is 19.9 Å². The molecule has 0 aliphatic carbocycles. The molecule has 1 amide bonds. The fourth-order valence-electron chi connectivity index (χ4n) is 4.01. The van der Waals surface area contributed by atoms with Crippen LogP contribution in [0.3, 0.4) is 0 Å². The summed E-state index contributed by atoms with van der Waals surface area (Å²) in [5.74, 6) is 1.67. The first-order chi connectivity index (χ1) is 13.1. The van der Waals surface area contributed by atoms with Crippen LogP contribution in [0.25, 0.3) is 0 Å². The van der Waals surface area contributed by atoms with Gasteiger partial charge in [0.05, 0.1) is 5.69 Å². The van der Waals surface area contributed by atoms with E-state index in [1.165, 1.54) is 25.1 Å². The maximum atomic E-state index is 12.8. The van der Waals surface area contributed by atoms with Gasteiger partial charge in [-0.2, -0.15) is 0 Å². The van der Waals surface area contributed by atoms with Gasteiger partial charge in [-0.15, -0.1) is 0 Å². The van der Waals surface area contributed by atoms with Crippen LogP contribution in [-0.4, -0.2) is 57.0 Å². The van der Waals surface area contributed by atoms with Crippen molar-refractivity contribution in [2.24, 2.45) is 0 Å². The highest BCUT2D eigenvalue weighted by molar-refractivity contribution is 5.94. The van der Waals surface area contributed by atoms with Crippen molar-refractivity contribution >= 4 is 11.7 Å². The monoisotopic (exact) mass is 367 g/mol. The number of amides is 1. The summed E-state index contributed by atoms with van der Waals surface area (Å²) in [6, 6.07) is 5.21. The molecule has 1 atom stereocenters. The van der Waals surface area contributed by atoms with Crippen LogP contribution in [0.2, 0.25) is 0 Å². The largest absolute Gasteiger partial charge is 0.505 e. The summed E-state index contributed by atoms with van der Waals surface area (Å²) >= 11 is 0. The lowest BCUT2D eigenvalue weighted by Gasteiger charge is -2.32. The van der Waals surface area contributed by atoms with Crippen molar-refractivity contribution < 1.29 is 9.90 Å². The zero-order valence-electron chi connectivity index (χ0n) is 15.6. The van der Waals surface area contributed by atoms with E-state index in [0.29, 0.717) is 13.1 Å². The molecule has 7 heteroatoms. The Morgan fingerprint density at radius 1 is 1.19 bits per heavy atom. The van der Waals surface area contributed by atoms with Crippen LogP contribution in [-0.2, 0) is 0 Å². The molecule has 0 unspecified atom stereocenters. The summed E-state index contributed by atoms with van der Waals surface area (Å²) in [6.45, 7) is 5.29. The molecule has 2 aromatic rings. The van der Waals surface area contributed by atoms with Gasteiger partial charge in [0.1, 0.15) is 17.4 Å². The van der Waals surface area contributed by atoms with Gasteiger partial charge in [-0.1, -0.05) is 0 Å². The van der Waals surface area contributed by atoms with Gasteiger partial charge in [-0.05, 0) is 44.7 Å². The quantitative estimate of drug-likeness (QED) is 0.898. The SMILES string of the molecule is Cc1nc([C@@H]2CCCN(C(=O)c3ncccc3O)C2)cc(N2CCCC2)n1. The number of piperidine rings is 1. The molecule has 2 fully saturated rings. The number of hydrogen-bond donors (Lipinski definition) is 1. The van der Waals surface area contributed by atoms with Crippen molar-refractivity contribution in [3.8, 4) is 5.75 Å². The first-order valence-electron chi connectivity index (χ1n) is 9.65. The van der Waals surface area contributed by atoms with Gasteiger partial charge < -0.3 is 14.9 Å². The summed E-state index contributed by atoms with van der Waals surface area (Å²) < 4.78 is 0. The second-order valence-corrected chi connectivity index (χ2v) is 7.35. The second kappa shape index (κ2) is 7.50. The van der Waals surface area contributed by atoms with E-state index < -0.39 is 0 Å². The van der Waals surface area contributed by atoms with Gasteiger partial charge in [0.25, 0.3) is 5.91 Å². The van der Waals surface area contributed by atoms with Crippen LogP contribution in [0.15, 0.2) is 24.4 Å². The molecule has 2 aromatic heterocycles. The fraction of sp³-hybridized carbons (Fsp3) is 0.500. The molecule has 7 nitrogen and oxygen atoms in total. The Morgan fingerprint density at radius 2 is 2.00 bits per heavy atom. The first kappa shape index (κ1) is 17.7. The van der Waals surface area contributed by atoms with Gasteiger partial charge in [-0.3, -0.25) is 4.79 Å². The minimum atomic E-state index is -0.219. The third-order valence-electron chi connectivity index (χ3n) is 5.39. The van der Waals surface area contributed by atoms with E-state index >= 15 is 0 Å². The summed E-state index contributed by atoms with van der Waals surface area (Å²) in [6.07, 6.45) is 5.85. The van der Waals surface area contributed by atoms with Gasteiger partial charge in [0, 0.05) is 44.4 Å². The molecular formula is C20H25N5O2. The van der Waals surface area contributed by atoms with Crippen molar-refractivity contribution in [2.75, 3.05) is 31.1 Å². The zero-order chi connectivity index (χ0) is 18.8. The molecule has 4 rings (SSSR count). The van der Waals surface area contributed by atoms with Crippen LogP contribution in [0.4, 0.5) is 5.82 Å². The summed E-state index contributed by atoms with van der Waals surface area (Å²) in [5, 5.41) is 9.95. The maximum absolute atomic E-state index is 12.8. The number of likely N-dealkylation sites (tertiary alicyclic amines) is 1. The number of anilines is 1. The average Bonchev–Trinajstić information content (AvgIpc) is 3.22. The predicted octanol–water partition coefficient (Wildman–Crippen LogP) is 2.51. The zero-order valence-corrected chi connectivity index (χ0v) is 15.6. The molecule has 0 saturated carbocycles. The Labute approximate surface area is 159 Å². The number of carbonyl (C=O) groups is 1. The van der Waals surface area contributed by atoms with E-state index in [0.717, 1.165) is 43.3 Å². The van der Waals surface area contributed by atoms with Gasteiger partial charge in [-0.25, -0.2) is 15.0 Å². The Balaban J connectivity index is 1.54. The Kier molecular flexibility index (Phi) is 4.92. The molecule has 27 heavy (non-hydrogen) atoms. The van der Waals surface area contributed by atoms with Gasteiger partial charge >= 0.3 is 0 Å². The van der Waals surface area contributed by atoms with Crippen LogP contribution < -0.4 is 4.90 Å². The molecular weight excluding hydrogens is 342 g/mol. The first-order valence-corrected chi connectivity index (χ1v) is 9.65. The number of pyridine rings is 1. The number of aromatic hydroxyl groups is 1. The summed E-state index contributed by atoms with van der Waals surface area (Å²) in [4.78, 5) is 30.2. The van der Waals surface area contributed by atoms with Gasteiger partial charge in [0.15, 0.2) is 5.69 Å². The summed E-state index contributed by atoms with van der Waals surface area (Å²) in [7, 11) is 0. The third kappa shape index (κ3) is 3.72. The van der Waals surface area contributed by atoms with Crippen LogP contribution in [0.1, 0.15) is 53.6 Å². The third-order valence-corrected chi connectivity index (χ3v) is 5.39. The van der Waals surface area contributed by atoms with Crippen molar-refractivity contribution in [2.45, 2.75) is 38.5 Å². The number of rotatable bonds is 3. The molecule has 1 N–H and O–H groups in total. The molecule has 2 aliphatic rings. The Morgan fingerprint density at radius 3 is 2.78 bits per heavy atom. The van der Waals surface area contributed by atoms with E-state index in [-0.39, 0.29) is 23.3 Å².